The van der Waals surface area contributed by atoms with Crippen molar-refractivity contribution in [3.8, 4) is 0 Å². The van der Waals surface area contributed by atoms with Crippen molar-refractivity contribution in [3.63, 3.8) is 0 Å². The molecule has 0 heterocycles. The highest BCUT2D eigenvalue weighted by atomic mass is 33.7. The van der Waals surface area contributed by atoms with Crippen LogP contribution in [0.3, 0.4) is 0 Å². The average molecular weight is 559 g/mol. The molecule has 2 nitrogen and oxygen atoms in total. The van der Waals surface area contributed by atoms with Crippen molar-refractivity contribution in [1.82, 2.24) is 0 Å². The van der Waals surface area contributed by atoms with Gasteiger partial charge in [0.15, 0.2) is 0 Å². The second-order valence-corrected chi connectivity index (χ2v) is 22.6. The monoisotopic (exact) mass is 558 g/mol. The largest absolute Gasteiger partial charge is 0.374 e. The number of methoxy groups -OCH3 is 2. The van der Waals surface area contributed by atoms with E-state index in [1.165, 1.54) is 101 Å². The minimum Gasteiger partial charge on any atom is -0.374 e. The lowest BCUT2D eigenvalue weighted by Gasteiger charge is -2.25. The van der Waals surface area contributed by atoms with E-state index in [-0.39, 0.29) is 0 Å². The Bertz CT molecular complexity index is 330. The molecule has 0 fully saturated rings. The highest BCUT2D eigenvalue weighted by Gasteiger charge is 2.26. The zero-order valence-corrected chi connectivity index (χ0v) is 27.6. The second-order valence-electron chi connectivity index (χ2n) is 9.04. The normalized spacial score (nSPS) is 13.9. The standard InChI is InChI=1S/C24H54O2S4Si2/c1-7-11-15-19-31(20-16-12-8-2)23(25-5)27-29-30-28-24(26-6)32(21-17-13-9-3)22-18-14-10-4/h23-24,31-32H,7-22H2,1-6H3. The molecule has 0 rings (SSSR count). The van der Waals surface area contributed by atoms with Crippen molar-refractivity contribution < 1.29 is 9.47 Å². The van der Waals surface area contributed by atoms with Gasteiger partial charge < -0.3 is 9.47 Å². The number of hydrogen-bond acceptors (Lipinski definition) is 6. The minimum absolute atomic E-state index is 0.449. The van der Waals surface area contributed by atoms with Gasteiger partial charge in [-0.15, -0.1) is 0 Å². The van der Waals surface area contributed by atoms with Gasteiger partial charge in [-0.25, -0.2) is 0 Å². The van der Waals surface area contributed by atoms with Crippen molar-refractivity contribution in [2.45, 2.75) is 139 Å². The molecule has 0 amide bonds. The summed E-state index contributed by atoms with van der Waals surface area (Å²) in [5.41, 5.74) is 0. The van der Waals surface area contributed by atoms with E-state index in [4.69, 9.17) is 9.47 Å². The lowest BCUT2D eigenvalue weighted by Crippen LogP contribution is -2.29. The zero-order valence-electron chi connectivity index (χ0n) is 22.1. The molecule has 0 aromatic rings. The molecule has 0 spiro atoms. The van der Waals surface area contributed by atoms with Crippen LogP contribution in [0.2, 0.25) is 24.2 Å². The van der Waals surface area contributed by atoms with Crippen LogP contribution in [0.1, 0.15) is 105 Å². The van der Waals surface area contributed by atoms with Crippen molar-refractivity contribution in [2.75, 3.05) is 14.2 Å². The predicted octanol–water partition coefficient (Wildman–Crippen LogP) is 9.90. The van der Waals surface area contributed by atoms with Crippen molar-refractivity contribution >= 4 is 58.8 Å². The molecule has 194 valence electrons. The summed E-state index contributed by atoms with van der Waals surface area (Å²) in [6, 6.07) is 5.80. The number of rotatable bonds is 25. The third-order valence-electron chi connectivity index (χ3n) is 6.24. The summed E-state index contributed by atoms with van der Waals surface area (Å²) in [4.78, 5) is 0. The van der Waals surface area contributed by atoms with Crippen LogP contribution in [0.4, 0.5) is 0 Å². The fourth-order valence-electron chi connectivity index (χ4n) is 4.19. The Labute approximate surface area is 220 Å². The highest BCUT2D eigenvalue weighted by Crippen LogP contribution is 2.48. The fraction of sp³-hybridized carbons (Fsp3) is 1.00. The van der Waals surface area contributed by atoms with Crippen molar-refractivity contribution in [2.24, 2.45) is 0 Å². The van der Waals surface area contributed by atoms with E-state index in [1.54, 1.807) is 0 Å². The van der Waals surface area contributed by atoms with Crippen LogP contribution in [0, 0.1) is 0 Å². The molecule has 0 saturated carbocycles. The van der Waals surface area contributed by atoms with Crippen LogP contribution in [0.15, 0.2) is 0 Å². The summed E-state index contributed by atoms with van der Waals surface area (Å²) in [6.45, 7) is 9.25. The van der Waals surface area contributed by atoms with E-state index in [0.29, 0.717) is 10.1 Å². The summed E-state index contributed by atoms with van der Waals surface area (Å²) < 4.78 is 12.1. The van der Waals surface area contributed by atoms with Crippen LogP contribution in [0.5, 0.6) is 0 Å². The van der Waals surface area contributed by atoms with E-state index in [1.807, 2.05) is 55.5 Å². The van der Waals surface area contributed by atoms with E-state index >= 15 is 0 Å². The molecule has 2 atom stereocenters. The summed E-state index contributed by atoms with van der Waals surface area (Å²) in [7, 11) is 10.1. The third kappa shape index (κ3) is 18.1. The molecule has 0 aliphatic heterocycles. The third-order valence-corrected chi connectivity index (χ3v) is 23.4. The van der Waals surface area contributed by atoms with Gasteiger partial charge in [0.25, 0.3) is 0 Å². The smallest absolute Gasteiger partial charge is 0.0984 e. The van der Waals surface area contributed by atoms with Gasteiger partial charge in [0, 0.05) is 14.2 Å². The van der Waals surface area contributed by atoms with E-state index in [9.17, 15) is 0 Å². The molecule has 32 heavy (non-hydrogen) atoms. The summed E-state index contributed by atoms with van der Waals surface area (Å²) >= 11 is 0. The van der Waals surface area contributed by atoms with Gasteiger partial charge in [-0.1, -0.05) is 151 Å². The average Bonchev–Trinajstić information content (AvgIpc) is 2.80. The van der Waals surface area contributed by atoms with Gasteiger partial charge in [-0.3, -0.25) is 0 Å². The van der Waals surface area contributed by atoms with Crippen LogP contribution >= 0.6 is 41.2 Å². The molecule has 8 heteroatoms. The first-order valence-corrected chi connectivity index (χ1v) is 22.9. The van der Waals surface area contributed by atoms with Crippen molar-refractivity contribution in [1.29, 1.82) is 0 Å². The topological polar surface area (TPSA) is 18.5 Å². The Morgan fingerprint density at radius 3 is 1.00 bits per heavy atom. The molecule has 0 aromatic carbocycles. The van der Waals surface area contributed by atoms with Gasteiger partial charge in [0.05, 0.1) is 27.7 Å². The summed E-state index contributed by atoms with van der Waals surface area (Å²) in [5.74, 6) is 0. The van der Waals surface area contributed by atoms with Crippen molar-refractivity contribution in [3.05, 3.63) is 0 Å². The van der Waals surface area contributed by atoms with Gasteiger partial charge >= 0.3 is 0 Å². The predicted molar refractivity (Wildman–Crippen MR) is 164 cm³/mol. The lowest BCUT2D eigenvalue weighted by molar-refractivity contribution is 0.224. The molecule has 0 radical (unpaired) electrons. The maximum absolute atomic E-state index is 6.04. The Hall–Kier alpha value is 1.75. The molecule has 2 unspecified atom stereocenters. The highest BCUT2D eigenvalue weighted by molar-refractivity contribution is 9.26. The van der Waals surface area contributed by atoms with Gasteiger partial charge in [-0.05, 0) is 19.7 Å². The van der Waals surface area contributed by atoms with Crippen LogP contribution in [-0.2, 0) is 9.47 Å². The Morgan fingerprint density at radius 2 is 0.781 bits per heavy atom. The molecule has 0 aliphatic carbocycles. The molecule has 0 aromatic heterocycles. The lowest BCUT2D eigenvalue weighted by atomic mass is 10.3. The first-order valence-electron chi connectivity index (χ1n) is 13.4. The number of hydrogen-bond donors (Lipinski definition) is 0. The molecular weight excluding hydrogens is 505 g/mol. The first kappa shape index (κ1) is 33.8. The minimum atomic E-state index is -0.870. The van der Waals surface area contributed by atoms with E-state index in [0.717, 1.165) is 0 Å². The Balaban J connectivity index is 4.60. The van der Waals surface area contributed by atoms with Crippen LogP contribution < -0.4 is 0 Å². The van der Waals surface area contributed by atoms with Gasteiger partial charge in [0.1, 0.15) is 0 Å². The molecule has 0 N–H and O–H groups in total. The van der Waals surface area contributed by atoms with E-state index in [2.05, 4.69) is 27.7 Å². The number of unbranched alkanes of at least 4 members (excludes halogenated alkanes) is 8. The van der Waals surface area contributed by atoms with Crippen LogP contribution in [-0.4, -0.2) is 41.9 Å². The van der Waals surface area contributed by atoms with Crippen LogP contribution in [0.25, 0.3) is 0 Å². The Kier molecular flexibility index (Phi) is 27.3. The van der Waals surface area contributed by atoms with Gasteiger partial charge in [-0.2, -0.15) is 0 Å². The van der Waals surface area contributed by atoms with E-state index < -0.39 is 17.6 Å². The maximum atomic E-state index is 6.04. The maximum Gasteiger partial charge on any atom is 0.0984 e. The zero-order chi connectivity index (χ0) is 23.9. The number of ether oxygens (including phenoxy) is 2. The molecular formula is C24H54O2S4Si2. The quantitative estimate of drug-likeness (QED) is 0.0477. The molecule has 0 bridgehead atoms. The fourth-order valence-corrected chi connectivity index (χ4v) is 23.3. The SMILES string of the molecule is CCCCC[SiH](CCCCC)C(OC)SSSSC(OC)[SiH](CCCCC)CCCCC. The summed E-state index contributed by atoms with van der Waals surface area (Å²) in [5, 5.41) is 0.898. The Morgan fingerprint density at radius 1 is 0.500 bits per heavy atom. The second kappa shape index (κ2) is 25.8. The first-order chi connectivity index (χ1) is 15.7. The van der Waals surface area contributed by atoms with Gasteiger partial charge in [0.2, 0.25) is 0 Å². The molecule has 0 saturated heterocycles. The molecule has 0 aliphatic rings. The summed E-state index contributed by atoms with van der Waals surface area (Å²) in [6.07, 6.45) is 16.4.